The Kier molecular flexibility index (Phi) is 9.29. The van der Waals surface area contributed by atoms with Gasteiger partial charge in [0.25, 0.3) is 0 Å². The summed E-state index contributed by atoms with van der Waals surface area (Å²) in [6.07, 6.45) is 3.89. The Bertz CT molecular complexity index is 930. The molecule has 0 saturated heterocycles. The first kappa shape index (κ1) is 26.4. The number of hydrogen-bond donors (Lipinski definition) is 3. The fraction of sp³-hybridized carbons (Fsp3) is 0.552. The highest BCUT2D eigenvalue weighted by Crippen LogP contribution is 2.32. The van der Waals surface area contributed by atoms with Crippen LogP contribution in [0.1, 0.15) is 74.0 Å². The van der Waals surface area contributed by atoms with Crippen molar-refractivity contribution in [3.8, 4) is 0 Å². The van der Waals surface area contributed by atoms with Gasteiger partial charge in [-0.1, -0.05) is 55.0 Å². The van der Waals surface area contributed by atoms with Gasteiger partial charge in [0.05, 0.1) is 18.8 Å². The minimum Gasteiger partial charge on any atom is -0.481 e. The first-order valence-corrected chi connectivity index (χ1v) is 12.6. The van der Waals surface area contributed by atoms with Crippen molar-refractivity contribution in [1.29, 1.82) is 0 Å². The molecule has 0 spiro atoms. The molecule has 5 nitrogen and oxygen atoms in total. The van der Waals surface area contributed by atoms with Crippen LogP contribution in [0, 0.1) is 12.8 Å². The molecule has 0 aliphatic heterocycles. The van der Waals surface area contributed by atoms with Crippen molar-refractivity contribution in [2.45, 2.75) is 84.0 Å². The van der Waals surface area contributed by atoms with E-state index in [4.69, 9.17) is 9.84 Å². The van der Waals surface area contributed by atoms with Crippen LogP contribution in [0.25, 0.3) is 0 Å². The number of aliphatic hydroxyl groups is 1. The Labute approximate surface area is 204 Å². The molecule has 2 aromatic carbocycles. The maximum absolute atomic E-state index is 11.1. The van der Waals surface area contributed by atoms with Gasteiger partial charge in [0.15, 0.2) is 0 Å². The Balaban J connectivity index is 1.49. The molecule has 2 atom stereocenters. The van der Waals surface area contributed by atoms with E-state index in [1.54, 1.807) is 0 Å². The smallest absolute Gasteiger partial charge is 0.303 e. The van der Waals surface area contributed by atoms with Gasteiger partial charge in [-0.05, 0) is 81.0 Å². The van der Waals surface area contributed by atoms with Crippen molar-refractivity contribution in [3.63, 3.8) is 0 Å². The summed E-state index contributed by atoms with van der Waals surface area (Å²) in [5.74, 6) is -0.171. The van der Waals surface area contributed by atoms with Crippen LogP contribution in [0.5, 0.6) is 0 Å². The second kappa shape index (κ2) is 12.0. The largest absolute Gasteiger partial charge is 0.481 e. The zero-order chi connectivity index (χ0) is 24.7. The topological polar surface area (TPSA) is 78.8 Å². The van der Waals surface area contributed by atoms with E-state index in [-0.39, 0.29) is 24.7 Å². The molecular formula is C29H41NO4. The van der Waals surface area contributed by atoms with Gasteiger partial charge < -0.3 is 20.3 Å². The third-order valence-electron chi connectivity index (χ3n) is 6.86. The predicted octanol–water partition coefficient (Wildman–Crippen LogP) is 5.01. The number of aliphatic carboxylic acids is 1. The summed E-state index contributed by atoms with van der Waals surface area (Å²) >= 11 is 0. The Morgan fingerprint density at radius 1 is 1.18 bits per heavy atom. The molecular weight excluding hydrogens is 426 g/mol. The lowest BCUT2D eigenvalue weighted by molar-refractivity contribution is -0.136. The Morgan fingerprint density at radius 3 is 2.47 bits per heavy atom. The van der Waals surface area contributed by atoms with Gasteiger partial charge in [0.2, 0.25) is 0 Å². The lowest BCUT2D eigenvalue weighted by Gasteiger charge is -2.31. The molecule has 0 aromatic heterocycles. The molecule has 34 heavy (non-hydrogen) atoms. The van der Waals surface area contributed by atoms with Crippen molar-refractivity contribution in [2.75, 3.05) is 13.2 Å². The summed E-state index contributed by atoms with van der Waals surface area (Å²) < 4.78 is 6.13. The number of hydrogen-bond acceptors (Lipinski definition) is 4. The molecule has 1 unspecified atom stereocenters. The minimum absolute atomic E-state index is 0.0706. The average Bonchev–Trinajstić information content (AvgIpc) is 3.19. The van der Waals surface area contributed by atoms with Crippen molar-refractivity contribution in [1.82, 2.24) is 5.32 Å². The van der Waals surface area contributed by atoms with E-state index in [1.807, 2.05) is 25.1 Å². The number of ether oxygens (including phenoxy) is 1. The summed E-state index contributed by atoms with van der Waals surface area (Å²) in [6, 6.07) is 14.8. The summed E-state index contributed by atoms with van der Waals surface area (Å²) in [5.41, 5.74) is 6.02. The maximum Gasteiger partial charge on any atom is 0.303 e. The van der Waals surface area contributed by atoms with Crippen LogP contribution in [0.15, 0.2) is 42.5 Å². The standard InChI is InChI=1S/C29H41NO4/c1-5-27(26-12-10-20(2)14-24(26)11-13-28(32)33)34-19-25(31)18-30-29(3,4)17-21-15-22-8-6-7-9-23(22)16-21/h6-10,12,14,21,25,27,30-31H,5,11,13,15-19H2,1-4H3,(H,32,33)/t25?,27-/m1/s1. The number of benzene rings is 2. The number of aliphatic hydroxyl groups excluding tert-OH is 1. The molecule has 0 amide bonds. The van der Waals surface area contributed by atoms with E-state index in [1.165, 1.54) is 11.1 Å². The minimum atomic E-state index is -0.799. The number of β-amino-alcohol motifs (C(OH)–C–C–N with tert-alkyl or cyclic N) is 1. The number of fused-ring (bicyclic) bond motifs is 1. The van der Waals surface area contributed by atoms with Crippen LogP contribution in [-0.4, -0.2) is 41.0 Å². The summed E-state index contributed by atoms with van der Waals surface area (Å²) in [7, 11) is 0. The van der Waals surface area contributed by atoms with E-state index < -0.39 is 12.1 Å². The highest BCUT2D eigenvalue weighted by molar-refractivity contribution is 5.67. The van der Waals surface area contributed by atoms with Crippen LogP contribution in [0.3, 0.4) is 0 Å². The first-order chi connectivity index (χ1) is 16.2. The molecule has 5 heteroatoms. The molecule has 3 rings (SSSR count). The lowest BCUT2D eigenvalue weighted by Crippen LogP contribution is -2.45. The van der Waals surface area contributed by atoms with E-state index in [2.05, 4.69) is 50.4 Å². The molecule has 0 saturated carbocycles. The molecule has 2 aromatic rings. The van der Waals surface area contributed by atoms with Crippen LogP contribution >= 0.6 is 0 Å². The van der Waals surface area contributed by atoms with E-state index in [0.29, 0.717) is 18.9 Å². The van der Waals surface area contributed by atoms with Gasteiger partial charge in [-0.15, -0.1) is 0 Å². The normalized spacial score (nSPS) is 15.8. The maximum atomic E-state index is 11.1. The first-order valence-electron chi connectivity index (χ1n) is 12.6. The fourth-order valence-corrected chi connectivity index (χ4v) is 5.20. The second-order valence-electron chi connectivity index (χ2n) is 10.5. The average molecular weight is 468 g/mol. The molecule has 1 aliphatic rings. The van der Waals surface area contributed by atoms with Gasteiger partial charge in [0.1, 0.15) is 0 Å². The van der Waals surface area contributed by atoms with Crippen LogP contribution in [0.4, 0.5) is 0 Å². The highest BCUT2D eigenvalue weighted by Gasteiger charge is 2.28. The van der Waals surface area contributed by atoms with E-state index >= 15 is 0 Å². The van der Waals surface area contributed by atoms with Crippen molar-refractivity contribution >= 4 is 5.97 Å². The van der Waals surface area contributed by atoms with Gasteiger partial charge in [0, 0.05) is 18.5 Å². The zero-order valence-electron chi connectivity index (χ0n) is 21.1. The third kappa shape index (κ3) is 7.66. The SMILES string of the molecule is CC[C@@H](OCC(O)CNC(C)(C)CC1Cc2ccccc2C1)c1ccc(C)cc1CCC(=O)O. The van der Waals surface area contributed by atoms with Crippen molar-refractivity contribution in [3.05, 3.63) is 70.3 Å². The van der Waals surface area contributed by atoms with E-state index in [9.17, 15) is 9.90 Å². The van der Waals surface area contributed by atoms with Gasteiger partial charge in [-0.3, -0.25) is 4.79 Å². The van der Waals surface area contributed by atoms with Crippen molar-refractivity contribution < 1.29 is 19.7 Å². The quantitative estimate of drug-likeness (QED) is 0.386. The fourth-order valence-electron chi connectivity index (χ4n) is 5.20. The number of carboxylic acids is 1. The number of rotatable bonds is 13. The third-order valence-corrected chi connectivity index (χ3v) is 6.86. The number of aryl methyl sites for hydroxylation is 2. The molecule has 0 bridgehead atoms. The van der Waals surface area contributed by atoms with Gasteiger partial charge >= 0.3 is 5.97 Å². The summed E-state index contributed by atoms with van der Waals surface area (Å²) in [5, 5.41) is 23.3. The molecule has 0 fully saturated rings. The summed E-state index contributed by atoms with van der Waals surface area (Å²) in [6.45, 7) is 9.20. The molecule has 3 N–H and O–H groups in total. The molecule has 186 valence electrons. The highest BCUT2D eigenvalue weighted by atomic mass is 16.5. The lowest BCUT2D eigenvalue weighted by atomic mass is 9.88. The van der Waals surface area contributed by atoms with Crippen LogP contribution in [0.2, 0.25) is 0 Å². The molecule has 1 aliphatic carbocycles. The Hall–Kier alpha value is -2.21. The van der Waals surface area contributed by atoms with Gasteiger partial charge in [-0.2, -0.15) is 0 Å². The van der Waals surface area contributed by atoms with Crippen LogP contribution in [-0.2, 0) is 28.8 Å². The second-order valence-corrected chi connectivity index (χ2v) is 10.5. The number of nitrogens with one attached hydrogen (secondary N) is 1. The molecule has 0 heterocycles. The zero-order valence-corrected chi connectivity index (χ0v) is 21.1. The Morgan fingerprint density at radius 2 is 1.85 bits per heavy atom. The van der Waals surface area contributed by atoms with Gasteiger partial charge in [-0.25, -0.2) is 0 Å². The monoisotopic (exact) mass is 467 g/mol. The van der Waals surface area contributed by atoms with Crippen LogP contribution < -0.4 is 5.32 Å². The number of carboxylic acid groups (broad SMARTS) is 1. The van der Waals surface area contributed by atoms with Crippen molar-refractivity contribution in [2.24, 2.45) is 5.92 Å². The summed E-state index contributed by atoms with van der Waals surface area (Å²) in [4.78, 5) is 11.1. The molecule has 0 radical (unpaired) electrons. The number of carbonyl (C=O) groups is 1. The predicted molar refractivity (Wildman–Crippen MR) is 136 cm³/mol. The van der Waals surface area contributed by atoms with E-state index in [0.717, 1.165) is 42.4 Å².